The normalized spacial score (nSPS) is 24.2. The maximum atomic E-state index is 10.8. The zero-order valence-corrected chi connectivity index (χ0v) is 7.42. The quantitative estimate of drug-likeness (QED) is 0.569. The van der Waals surface area contributed by atoms with Gasteiger partial charge < -0.3 is 4.74 Å². The fourth-order valence-corrected chi connectivity index (χ4v) is 2.63. The fourth-order valence-electron chi connectivity index (χ4n) is 0.589. The van der Waals surface area contributed by atoms with Gasteiger partial charge in [-0.25, -0.2) is 4.79 Å². The Balaban J connectivity index is 2.51. The highest BCUT2D eigenvalue weighted by Gasteiger charge is 2.19. The molecule has 0 fully saturated rings. The zero-order valence-electron chi connectivity index (χ0n) is 5.79. The summed E-state index contributed by atoms with van der Waals surface area (Å²) in [5.41, 5.74) is 0. The maximum absolute atomic E-state index is 10.8. The lowest BCUT2D eigenvalue weighted by Crippen LogP contribution is -2.00. The molecule has 1 heterocycles. The van der Waals surface area contributed by atoms with Crippen molar-refractivity contribution in [2.24, 2.45) is 0 Å². The van der Waals surface area contributed by atoms with Crippen LogP contribution in [0.3, 0.4) is 0 Å². The third-order valence-electron chi connectivity index (χ3n) is 1.05. The lowest BCUT2D eigenvalue weighted by molar-refractivity contribution is -0.135. The van der Waals surface area contributed by atoms with Gasteiger partial charge in [0.05, 0.1) is 16.6 Å². The number of esters is 1. The van der Waals surface area contributed by atoms with Gasteiger partial charge in [-0.05, 0) is 12.3 Å². The van der Waals surface area contributed by atoms with E-state index in [1.54, 1.807) is 23.5 Å². The second kappa shape index (κ2) is 3.34. The molecule has 0 aromatic rings. The first-order chi connectivity index (χ1) is 4.74. The van der Waals surface area contributed by atoms with Crippen molar-refractivity contribution < 1.29 is 9.53 Å². The van der Waals surface area contributed by atoms with Crippen molar-refractivity contribution in [2.45, 2.75) is 11.5 Å². The number of carbonyl (C=O) groups is 1. The smallest absolute Gasteiger partial charge is 0.344 e. The van der Waals surface area contributed by atoms with E-state index in [1.807, 2.05) is 5.41 Å². The molecule has 0 spiro atoms. The van der Waals surface area contributed by atoms with Crippen molar-refractivity contribution in [2.75, 3.05) is 7.11 Å². The molecule has 4 heteroatoms. The highest BCUT2D eigenvalue weighted by Crippen LogP contribution is 2.39. The van der Waals surface area contributed by atoms with Gasteiger partial charge >= 0.3 is 5.97 Å². The summed E-state index contributed by atoms with van der Waals surface area (Å²) in [6.45, 7) is 2.06. The van der Waals surface area contributed by atoms with Crippen LogP contribution in [0.5, 0.6) is 0 Å². The van der Waals surface area contributed by atoms with E-state index in [0.29, 0.717) is 4.58 Å². The van der Waals surface area contributed by atoms with Crippen molar-refractivity contribution in [3.63, 3.8) is 0 Å². The summed E-state index contributed by atoms with van der Waals surface area (Å²) < 4.78 is 4.99. The molecule has 1 aliphatic heterocycles. The molecule has 1 aliphatic rings. The van der Waals surface area contributed by atoms with Crippen LogP contribution in [0.4, 0.5) is 0 Å². The van der Waals surface area contributed by atoms with E-state index in [0.717, 1.165) is 4.91 Å². The highest BCUT2D eigenvalue weighted by atomic mass is 32.2. The summed E-state index contributed by atoms with van der Waals surface area (Å²) in [6.07, 6.45) is 0. The average molecular weight is 176 g/mol. The first kappa shape index (κ1) is 8.01. The van der Waals surface area contributed by atoms with Gasteiger partial charge in [0.2, 0.25) is 0 Å². The minimum absolute atomic E-state index is 0.221. The molecule has 0 bridgehead atoms. The van der Waals surface area contributed by atoms with Gasteiger partial charge in [-0.1, -0.05) is 0 Å². The molecule has 0 aliphatic carbocycles. The van der Waals surface area contributed by atoms with Crippen LogP contribution in [0.1, 0.15) is 6.92 Å². The Morgan fingerprint density at radius 3 is 2.90 bits per heavy atom. The molecule has 1 atom stereocenters. The summed E-state index contributed by atoms with van der Waals surface area (Å²) in [4.78, 5) is 11.6. The molecule has 56 valence electrons. The van der Waals surface area contributed by atoms with Gasteiger partial charge in [-0.15, -0.1) is 23.5 Å². The molecule has 1 rings (SSSR count). The van der Waals surface area contributed by atoms with E-state index in [9.17, 15) is 4.79 Å². The van der Waals surface area contributed by atoms with Crippen LogP contribution >= 0.6 is 23.5 Å². The van der Waals surface area contributed by atoms with Gasteiger partial charge in [0.1, 0.15) is 0 Å². The summed E-state index contributed by atoms with van der Waals surface area (Å²) in [6, 6.07) is 0. The monoisotopic (exact) mass is 176 g/mol. The Labute approximate surface area is 68.4 Å². The van der Waals surface area contributed by atoms with Crippen LogP contribution in [-0.4, -0.2) is 17.7 Å². The molecule has 10 heavy (non-hydrogen) atoms. The number of thioether (sulfide) groups is 2. The highest BCUT2D eigenvalue weighted by molar-refractivity contribution is 8.23. The molecule has 0 aromatic heterocycles. The number of carbonyl (C=O) groups excluding carboxylic acids is 1. The standard InChI is InChI=1S/C6H8O2S2/c1-4-9-3-5(10-4)6(7)8-2/h3-4H,1-2H3. The van der Waals surface area contributed by atoms with Gasteiger partial charge in [0.25, 0.3) is 0 Å². The molecule has 0 saturated heterocycles. The van der Waals surface area contributed by atoms with Crippen molar-refractivity contribution in [3.8, 4) is 0 Å². The number of rotatable bonds is 1. The zero-order chi connectivity index (χ0) is 7.56. The Morgan fingerprint density at radius 1 is 1.80 bits per heavy atom. The lowest BCUT2D eigenvalue weighted by atomic mass is 10.6. The van der Waals surface area contributed by atoms with Crippen LogP contribution in [0.2, 0.25) is 0 Å². The molecule has 0 amide bonds. The number of hydrogen-bond acceptors (Lipinski definition) is 4. The largest absolute Gasteiger partial charge is 0.465 e. The van der Waals surface area contributed by atoms with E-state index in [2.05, 4.69) is 11.7 Å². The van der Waals surface area contributed by atoms with Crippen molar-refractivity contribution in [1.82, 2.24) is 0 Å². The second-order valence-electron chi connectivity index (χ2n) is 1.80. The molecular formula is C6H8O2S2. The van der Waals surface area contributed by atoms with Crippen molar-refractivity contribution >= 4 is 29.5 Å². The van der Waals surface area contributed by atoms with Crippen molar-refractivity contribution in [3.05, 3.63) is 10.3 Å². The van der Waals surface area contributed by atoms with Crippen LogP contribution in [0.15, 0.2) is 10.3 Å². The Kier molecular flexibility index (Phi) is 2.68. The van der Waals surface area contributed by atoms with Gasteiger partial charge in [0, 0.05) is 0 Å². The van der Waals surface area contributed by atoms with Gasteiger partial charge in [-0.2, -0.15) is 0 Å². The van der Waals surface area contributed by atoms with E-state index < -0.39 is 0 Å². The predicted octanol–water partition coefficient (Wildman–Crippen LogP) is 1.83. The third-order valence-corrected chi connectivity index (χ3v) is 3.44. The van der Waals surface area contributed by atoms with Crippen molar-refractivity contribution in [1.29, 1.82) is 0 Å². The second-order valence-corrected chi connectivity index (χ2v) is 4.69. The minimum Gasteiger partial charge on any atom is -0.465 e. The van der Waals surface area contributed by atoms with Gasteiger partial charge in [0.15, 0.2) is 0 Å². The molecule has 0 N–H and O–H groups in total. The average Bonchev–Trinajstić information content (AvgIpc) is 2.34. The molecule has 2 nitrogen and oxygen atoms in total. The van der Waals surface area contributed by atoms with E-state index in [1.165, 1.54) is 7.11 Å². The fraction of sp³-hybridized carbons (Fsp3) is 0.500. The van der Waals surface area contributed by atoms with E-state index in [4.69, 9.17) is 0 Å². The maximum Gasteiger partial charge on any atom is 0.344 e. The number of ether oxygens (including phenoxy) is 1. The van der Waals surface area contributed by atoms with Gasteiger partial charge in [-0.3, -0.25) is 0 Å². The molecule has 0 radical (unpaired) electrons. The first-order valence-electron chi connectivity index (χ1n) is 2.84. The number of hydrogen-bond donors (Lipinski definition) is 0. The van der Waals surface area contributed by atoms with Crippen LogP contribution in [0, 0.1) is 0 Å². The topological polar surface area (TPSA) is 26.3 Å². The summed E-state index contributed by atoms with van der Waals surface area (Å²) in [5, 5.41) is 1.85. The summed E-state index contributed by atoms with van der Waals surface area (Å²) >= 11 is 3.20. The van der Waals surface area contributed by atoms with Crippen LogP contribution < -0.4 is 0 Å². The summed E-state index contributed by atoms with van der Waals surface area (Å²) in [7, 11) is 1.40. The Bertz CT molecular complexity index is 177. The molecule has 0 aromatic carbocycles. The van der Waals surface area contributed by atoms with E-state index in [-0.39, 0.29) is 5.97 Å². The molecular weight excluding hydrogens is 168 g/mol. The molecule has 0 saturated carbocycles. The van der Waals surface area contributed by atoms with Crippen LogP contribution in [-0.2, 0) is 9.53 Å². The predicted molar refractivity (Wildman–Crippen MR) is 44.7 cm³/mol. The SMILES string of the molecule is COC(=O)C1=CSC(C)S1. The Hall–Kier alpha value is -0.0900. The van der Waals surface area contributed by atoms with E-state index >= 15 is 0 Å². The Morgan fingerprint density at radius 2 is 2.50 bits per heavy atom. The first-order valence-corrected chi connectivity index (χ1v) is 4.67. The van der Waals surface area contributed by atoms with Crippen LogP contribution in [0.25, 0.3) is 0 Å². The third kappa shape index (κ3) is 1.70. The lowest BCUT2D eigenvalue weighted by Gasteiger charge is -1.98. The molecule has 1 unspecified atom stereocenters. The minimum atomic E-state index is -0.221. The summed E-state index contributed by atoms with van der Waals surface area (Å²) in [5.74, 6) is -0.221. The number of methoxy groups -OCH3 is 1.